The number of nitrogens with two attached hydrogens (primary N) is 1. The first-order valence-electron chi connectivity index (χ1n) is 6.45. The summed E-state index contributed by atoms with van der Waals surface area (Å²) in [5, 5.41) is 0. The Bertz CT molecular complexity index is 697. The van der Waals surface area contributed by atoms with Gasteiger partial charge in [0.25, 0.3) is 0 Å². The molecule has 3 aromatic rings. The summed E-state index contributed by atoms with van der Waals surface area (Å²) in [5.41, 5.74) is 8.99. The fraction of sp³-hybridized carbons (Fsp3) is 0.200. The maximum atomic E-state index is 6.19. The van der Waals surface area contributed by atoms with Crippen LogP contribution in [-0.2, 0) is 0 Å². The molecule has 0 amide bonds. The number of pyridine rings is 1. The number of benzene rings is 1. The van der Waals surface area contributed by atoms with Gasteiger partial charge in [0.1, 0.15) is 5.82 Å². The van der Waals surface area contributed by atoms with Gasteiger partial charge in [-0.25, -0.2) is 9.97 Å². The van der Waals surface area contributed by atoms with Crippen LogP contribution in [0.2, 0.25) is 0 Å². The zero-order valence-electron chi connectivity index (χ0n) is 11.6. The highest BCUT2D eigenvalue weighted by molar-refractivity contribution is 5.85. The third-order valence-electron chi connectivity index (χ3n) is 3.24. The van der Waals surface area contributed by atoms with Crippen LogP contribution in [0.5, 0.6) is 0 Å². The largest absolute Gasteiger partial charge is 0.321 e. The Morgan fingerprint density at radius 3 is 2.48 bits per heavy atom. The van der Waals surface area contributed by atoms with Crippen LogP contribution in [-0.4, -0.2) is 14.5 Å². The third kappa shape index (κ3) is 3.18. The maximum Gasteiger partial charge on any atom is 0.178 e. The molecule has 0 aliphatic heterocycles. The van der Waals surface area contributed by atoms with Crippen molar-refractivity contribution in [2.45, 2.75) is 19.4 Å². The number of hydrogen-bond acceptors (Lipinski definition) is 3. The monoisotopic (exact) mass is 324 g/mol. The highest BCUT2D eigenvalue weighted by Crippen LogP contribution is 2.24. The molecule has 4 nitrogen and oxygen atoms in total. The zero-order chi connectivity index (χ0) is 13.2. The molecule has 0 saturated heterocycles. The van der Waals surface area contributed by atoms with E-state index in [1.54, 1.807) is 6.20 Å². The summed E-state index contributed by atoms with van der Waals surface area (Å²) in [4.78, 5) is 8.90. The van der Waals surface area contributed by atoms with E-state index in [1.165, 1.54) is 0 Å². The van der Waals surface area contributed by atoms with Crippen molar-refractivity contribution >= 4 is 36.0 Å². The first-order valence-corrected chi connectivity index (χ1v) is 6.45. The Hall–Kier alpha value is -1.62. The smallest absolute Gasteiger partial charge is 0.178 e. The van der Waals surface area contributed by atoms with Gasteiger partial charge in [-0.1, -0.05) is 25.1 Å². The second kappa shape index (κ2) is 7.41. The third-order valence-corrected chi connectivity index (χ3v) is 3.24. The van der Waals surface area contributed by atoms with Crippen molar-refractivity contribution in [1.29, 1.82) is 0 Å². The van der Waals surface area contributed by atoms with E-state index in [1.807, 2.05) is 30.3 Å². The minimum atomic E-state index is -0.0885. The number of hydrogen-bond donors (Lipinski definition) is 1. The molecule has 112 valence electrons. The molecule has 3 rings (SSSR count). The molecule has 2 aromatic heterocycles. The van der Waals surface area contributed by atoms with Gasteiger partial charge in [-0.05, 0) is 30.7 Å². The molecule has 2 N–H and O–H groups in total. The molecule has 1 atom stereocenters. The summed E-state index contributed by atoms with van der Waals surface area (Å²) in [6, 6.07) is 14.0. The van der Waals surface area contributed by atoms with Gasteiger partial charge in [0, 0.05) is 11.9 Å². The fourth-order valence-corrected chi connectivity index (χ4v) is 2.21. The Morgan fingerprint density at radius 2 is 1.81 bits per heavy atom. The predicted octanol–water partition coefficient (Wildman–Crippen LogP) is 3.67. The second-order valence-electron chi connectivity index (χ2n) is 4.50. The minimum absolute atomic E-state index is 0. The molecule has 1 aromatic carbocycles. The van der Waals surface area contributed by atoms with Gasteiger partial charge in [0.2, 0.25) is 0 Å². The molecule has 0 saturated carbocycles. The van der Waals surface area contributed by atoms with Crippen molar-refractivity contribution in [2.24, 2.45) is 5.73 Å². The first kappa shape index (κ1) is 17.4. The van der Waals surface area contributed by atoms with E-state index in [9.17, 15) is 0 Å². The standard InChI is InChI=1S/C15H16N4.2ClH/c1-2-12(16)15-18-14-13(9-6-10-17-14)19(15)11-7-4-3-5-8-11;;/h3-10,12H,2,16H2,1H3;2*1H. The van der Waals surface area contributed by atoms with Gasteiger partial charge in [-0.2, -0.15) is 0 Å². The Kier molecular flexibility index (Phi) is 6.15. The van der Waals surface area contributed by atoms with Crippen molar-refractivity contribution < 1.29 is 0 Å². The maximum absolute atomic E-state index is 6.19. The molecule has 2 heterocycles. The molecule has 21 heavy (non-hydrogen) atoms. The van der Waals surface area contributed by atoms with Crippen LogP contribution in [0, 0.1) is 0 Å². The van der Waals surface area contributed by atoms with Crippen LogP contribution in [0.4, 0.5) is 0 Å². The van der Waals surface area contributed by atoms with Crippen molar-refractivity contribution in [3.8, 4) is 5.69 Å². The Balaban J connectivity index is 0.00000110. The fourth-order valence-electron chi connectivity index (χ4n) is 2.21. The summed E-state index contributed by atoms with van der Waals surface area (Å²) in [5.74, 6) is 0.863. The lowest BCUT2D eigenvalue weighted by Gasteiger charge is -2.12. The van der Waals surface area contributed by atoms with E-state index in [0.29, 0.717) is 0 Å². The number of para-hydroxylation sites is 1. The summed E-state index contributed by atoms with van der Waals surface area (Å²) in [6.07, 6.45) is 2.60. The summed E-state index contributed by atoms with van der Waals surface area (Å²) >= 11 is 0. The van der Waals surface area contributed by atoms with Gasteiger partial charge in [-0.15, -0.1) is 24.8 Å². The second-order valence-corrected chi connectivity index (χ2v) is 4.50. The lowest BCUT2D eigenvalue weighted by molar-refractivity contribution is 0.641. The van der Waals surface area contributed by atoms with E-state index in [2.05, 4.69) is 33.6 Å². The molecule has 0 bridgehead atoms. The van der Waals surface area contributed by atoms with Crippen LogP contribution in [0.3, 0.4) is 0 Å². The van der Waals surface area contributed by atoms with E-state index < -0.39 is 0 Å². The molecule has 0 aliphatic carbocycles. The van der Waals surface area contributed by atoms with E-state index in [4.69, 9.17) is 5.73 Å². The SMILES string of the molecule is CCC(N)c1nc2ncccc2n1-c1ccccc1.Cl.Cl. The van der Waals surface area contributed by atoms with Gasteiger partial charge < -0.3 is 5.73 Å². The average Bonchev–Trinajstić information content (AvgIpc) is 2.86. The molecule has 0 spiro atoms. The summed E-state index contributed by atoms with van der Waals surface area (Å²) in [6.45, 7) is 2.06. The molecule has 1 unspecified atom stereocenters. The zero-order valence-corrected chi connectivity index (χ0v) is 13.3. The van der Waals surface area contributed by atoms with Crippen LogP contribution >= 0.6 is 24.8 Å². The Morgan fingerprint density at radius 1 is 1.10 bits per heavy atom. The molecule has 0 fully saturated rings. The van der Waals surface area contributed by atoms with Crippen molar-refractivity contribution in [2.75, 3.05) is 0 Å². The van der Waals surface area contributed by atoms with Gasteiger partial charge >= 0.3 is 0 Å². The quantitative estimate of drug-likeness (QED) is 0.799. The number of halogens is 2. The van der Waals surface area contributed by atoms with Crippen LogP contribution in [0.1, 0.15) is 25.2 Å². The van der Waals surface area contributed by atoms with Crippen LogP contribution in [0.25, 0.3) is 16.9 Å². The average molecular weight is 325 g/mol. The molecular formula is C15H18Cl2N4. The predicted molar refractivity (Wildman–Crippen MR) is 90.6 cm³/mol. The first-order chi connectivity index (χ1) is 9.31. The molecular weight excluding hydrogens is 307 g/mol. The summed E-state index contributed by atoms with van der Waals surface area (Å²) in [7, 11) is 0. The van der Waals surface area contributed by atoms with E-state index in [-0.39, 0.29) is 30.9 Å². The topological polar surface area (TPSA) is 56.7 Å². The van der Waals surface area contributed by atoms with Crippen LogP contribution < -0.4 is 5.73 Å². The van der Waals surface area contributed by atoms with E-state index in [0.717, 1.165) is 29.1 Å². The number of rotatable bonds is 3. The number of aromatic nitrogens is 3. The molecule has 0 aliphatic rings. The normalized spacial score (nSPS) is 11.5. The minimum Gasteiger partial charge on any atom is -0.321 e. The number of fused-ring (bicyclic) bond motifs is 1. The lowest BCUT2D eigenvalue weighted by Crippen LogP contribution is -2.15. The highest BCUT2D eigenvalue weighted by Gasteiger charge is 2.17. The Labute approximate surface area is 136 Å². The highest BCUT2D eigenvalue weighted by atomic mass is 35.5. The number of imidazole rings is 1. The van der Waals surface area contributed by atoms with Gasteiger partial charge in [0.05, 0.1) is 11.6 Å². The van der Waals surface area contributed by atoms with Gasteiger partial charge in [-0.3, -0.25) is 4.57 Å². The van der Waals surface area contributed by atoms with Crippen molar-refractivity contribution in [3.05, 3.63) is 54.5 Å². The molecule has 0 radical (unpaired) electrons. The van der Waals surface area contributed by atoms with Gasteiger partial charge in [0.15, 0.2) is 5.65 Å². The number of nitrogens with zero attached hydrogens (tertiary/aromatic N) is 3. The van der Waals surface area contributed by atoms with E-state index >= 15 is 0 Å². The van der Waals surface area contributed by atoms with Crippen LogP contribution in [0.15, 0.2) is 48.7 Å². The van der Waals surface area contributed by atoms with Crippen molar-refractivity contribution in [1.82, 2.24) is 14.5 Å². The van der Waals surface area contributed by atoms with Crippen molar-refractivity contribution in [3.63, 3.8) is 0 Å². The molecule has 6 heteroatoms. The lowest BCUT2D eigenvalue weighted by atomic mass is 10.2. The summed E-state index contributed by atoms with van der Waals surface area (Å²) < 4.78 is 2.09.